The number of hydrogen-bond donors (Lipinski definition) is 1. The highest BCUT2D eigenvalue weighted by molar-refractivity contribution is 6.30. The minimum Gasteiger partial charge on any atom is -0.484 e. The summed E-state index contributed by atoms with van der Waals surface area (Å²) in [5, 5.41) is 3.55. The van der Waals surface area contributed by atoms with Crippen molar-refractivity contribution in [2.45, 2.75) is 24.8 Å². The van der Waals surface area contributed by atoms with Gasteiger partial charge in [-0.05, 0) is 42.7 Å². The van der Waals surface area contributed by atoms with E-state index in [1.807, 2.05) is 29.2 Å². The second-order valence-corrected chi connectivity index (χ2v) is 8.63. The van der Waals surface area contributed by atoms with Crippen LogP contribution in [0.2, 0.25) is 10.0 Å². The third-order valence-electron chi connectivity index (χ3n) is 5.65. The van der Waals surface area contributed by atoms with Crippen LogP contribution in [-0.2, 0) is 9.59 Å². The summed E-state index contributed by atoms with van der Waals surface area (Å²) in [4.78, 5) is 26.4. The first-order valence-electron chi connectivity index (χ1n) is 9.80. The summed E-state index contributed by atoms with van der Waals surface area (Å²) in [5.41, 5.74) is 1.20. The number of halogens is 3. The van der Waals surface area contributed by atoms with Crippen LogP contribution in [0.3, 0.4) is 0 Å². The summed E-state index contributed by atoms with van der Waals surface area (Å²) < 4.78 is 18.7. The average molecular weight is 451 g/mol. The number of amides is 2. The molecule has 1 heterocycles. The maximum Gasteiger partial charge on any atom is 0.258 e. The second-order valence-electron chi connectivity index (χ2n) is 7.79. The lowest BCUT2D eigenvalue weighted by Crippen LogP contribution is -2.56. The normalized spacial score (nSPS) is 20.8. The van der Waals surface area contributed by atoms with Crippen molar-refractivity contribution in [3.8, 4) is 5.75 Å². The van der Waals surface area contributed by atoms with Gasteiger partial charge in [-0.15, -0.1) is 0 Å². The monoisotopic (exact) mass is 450 g/mol. The van der Waals surface area contributed by atoms with Crippen LogP contribution < -0.4 is 10.1 Å². The Balaban J connectivity index is 1.15. The van der Waals surface area contributed by atoms with Crippen molar-refractivity contribution >= 4 is 35.0 Å². The number of nitrogens with one attached hydrogen (secondary N) is 1. The Morgan fingerprint density at radius 2 is 1.80 bits per heavy atom. The molecule has 0 bridgehead atoms. The lowest BCUT2D eigenvalue weighted by Gasteiger charge is -2.44. The van der Waals surface area contributed by atoms with Crippen LogP contribution in [-0.4, -0.2) is 42.5 Å². The zero-order chi connectivity index (χ0) is 21.3. The predicted molar refractivity (Wildman–Crippen MR) is 112 cm³/mol. The van der Waals surface area contributed by atoms with Crippen molar-refractivity contribution in [2.24, 2.45) is 5.92 Å². The summed E-state index contributed by atoms with van der Waals surface area (Å²) in [6.45, 7) is 1.23. The molecule has 2 aliphatic rings. The molecule has 4 rings (SSSR count). The van der Waals surface area contributed by atoms with Gasteiger partial charge in [-0.2, -0.15) is 0 Å². The molecule has 2 aromatic rings. The summed E-state index contributed by atoms with van der Waals surface area (Å²) >= 11 is 11.5. The molecule has 0 spiro atoms. The molecule has 0 aromatic heterocycles. The Bertz CT molecular complexity index is 942. The first-order valence-corrected chi connectivity index (χ1v) is 10.6. The number of ether oxygens (including phenoxy) is 1. The molecule has 1 saturated carbocycles. The van der Waals surface area contributed by atoms with Gasteiger partial charge < -0.3 is 15.0 Å². The summed E-state index contributed by atoms with van der Waals surface area (Å²) in [5.74, 6) is -0.197. The maximum atomic E-state index is 13.4. The first-order chi connectivity index (χ1) is 14.4. The van der Waals surface area contributed by atoms with Crippen LogP contribution in [0.4, 0.5) is 4.39 Å². The van der Waals surface area contributed by atoms with Crippen LogP contribution in [0.5, 0.6) is 5.75 Å². The zero-order valence-corrected chi connectivity index (χ0v) is 17.6. The number of likely N-dealkylation sites (tertiary alicyclic amines) is 1. The average Bonchev–Trinajstić information content (AvgIpc) is 2.65. The van der Waals surface area contributed by atoms with E-state index in [-0.39, 0.29) is 41.2 Å². The van der Waals surface area contributed by atoms with E-state index in [2.05, 4.69) is 5.32 Å². The summed E-state index contributed by atoms with van der Waals surface area (Å²) in [6.07, 6.45) is 1.25. The fraction of sp³-hybridized carbons (Fsp3) is 0.364. The smallest absolute Gasteiger partial charge is 0.258 e. The third-order valence-corrected chi connectivity index (χ3v) is 6.21. The van der Waals surface area contributed by atoms with Gasteiger partial charge in [0.05, 0.1) is 5.02 Å². The van der Waals surface area contributed by atoms with Gasteiger partial charge >= 0.3 is 0 Å². The van der Waals surface area contributed by atoms with E-state index in [1.165, 1.54) is 17.7 Å². The van der Waals surface area contributed by atoms with Gasteiger partial charge in [0.25, 0.3) is 5.91 Å². The maximum absolute atomic E-state index is 13.4. The Morgan fingerprint density at radius 3 is 2.47 bits per heavy atom. The molecular formula is C22H21Cl2FN2O3. The van der Waals surface area contributed by atoms with E-state index in [4.69, 9.17) is 27.9 Å². The molecule has 5 nitrogen and oxygen atoms in total. The Labute approximate surface area is 184 Å². The molecule has 1 aliphatic heterocycles. The highest BCUT2D eigenvalue weighted by Crippen LogP contribution is 2.34. The van der Waals surface area contributed by atoms with E-state index in [1.54, 1.807) is 0 Å². The Morgan fingerprint density at radius 1 is 1.10 bits per heavy atom. The van der Waals surface area contributed by atoms with Crippen molar-refractivity contribution in [3.63, 3.8) is 0 Å². The van der Waals surface area contributed by atoms with Gasteiger partial charge in [0.2, 0.25) is 5.91 Å². The van der Waals surface area contributed by atoms with Crippen LogP contribution in [0.1, 0.15) is 24.3 Å². The largest absolute Gasteiger partial charge is 0.484 e. The number of hydrogen-bond acceptors (Lipinski definition) is 3. The molecule has 8 heteroatoms. The van der Waals surface area contributed by atoms with Crippen LogP contribution >= 0.6 is 23.2 Å². The Kier molecular flexibility index (Phi) is 6.16. The van der Waals surface area contributed by atoms with Crippen molar-refractivity contribution < 1.29 is 18.7 Å². The topological polar surface area (TPSA) is 58.6 Å². The highest BCUT2D eigenvalue weighted by atomic mass is 35.5. The van der Waals surface area contributed by atoms with Crippen molar-refractivity contribution in [1.29, 1.82) is 0 Å². The van der Waals surface area contributed by atoms with Crippen LogP contribution in [0, 0.1) is 11.7 Å². The molecule has 0 unspecified atom stereocenters. The molecule has 2 aromatic carbocycles. The molecule has 158 valence electrons. The van der Waals surface area contributed by atoms with E-state index >= 15 is 0 Å². The molecule has 30 heavy (non-hydrogen) atoms. The standard InChI is InChI=1S/C22H21Cl2FN2O3/c23-16-3-1-13(2-4-16)15-10-27(11-15)22(29)14-7-17(8-14)26-21(28)12-30-18-5-6-19(24)20(25)9-18/h1-6,9,14-15,17H,7-8,10-12H2,(H,26,28)/t14-,17-. The van der Waals surface area contributed by atoms with Gasteiger partial charge in [-0.3, -0.25) is 9.59 Å². The quantitative estimate of drug-likeness (QED) is 0.722. The summed E-state index contributed by atoms with van der Waals surface area (Å²) in [6, 6.07) is 11.7. The number of benzene rings is 2. The minimum atomic E-state index is -0.598. The molecule has 2 fully saturated rings. The van der Waals surface area contributed by atoms with E-state index in [9.17, 15) is 14.0 Å². The fourth-order valence-electron chi connectivity index (χ4n) is 3.78. The Hall–Kier alpha value is -2.31. The fourth-order valence-corrected chi connectivity index (χ4v) is 4.03. The number of carbonyl (C=O) groups excluding carboxylic acids is 2. The molecule has 0 radical (unpaired) electrons. The van der Waals surface area contributed by atoms with Crippen molar-refractivity contribution in [1.82, 2.24) is 10.2 Å². The third kappa shape index (κ3) is 4.71. The predicted octanol–water partition coefficient (Wildman–Crippen LogP) is 4.03. The number of carbonyl (C=O) groups is 2. The van der Waals surface area contributed by atoms with Gasteiger partial charge in [-0.1, -0.05) is 35.3 Å². The second kappa shape index (κ2) is 8.82. The molecule has 0 atom stereocenters. The van der Waals surface area contributed by atoms with E-state index < -0.39 is 5.82 Å². The molecule has 1 aliphatic carbocycles. The van der Waals surface area contributed by atoms with Crippen molar-refractivity contribution in [2.75, 3.05) is 19.7 Å². The lowest BCUT2D eigenvalue weighted by atomic mass is 9.78. The van der Waals surface area contributed by atoms with E-state index in [0.29, 0.717) is 23.8 Å². The molecule has 1 N–H and O–H groups in total. The van der Waals surface area contributed by atoms with Crippen LogP contribution in [0.25, 0.3) is 0 Å². The lowest BCUT2D eigenvalue weighted by molar-refractivity contribution is -0.144. The zero-order valence-electron chi connectivity index (χ0n) is 16.1. The van der Waals surface area contributed by atoms with Gasteiger partial charge in [-0.25, -0.2) is 4.39 Å². The minimum absolute atomic E-state index is 0.00123. The van der Waals surface area contributed by atoms with Crippen LogP contribution in [0.15, 0.2) is 42.5 Å². The summed E-state index contributed by atoms with van der Waals surface area (Å²) in [7, 11) is 0. The number of nitrogens with zero attached hydrogens (tertiary/aromatic N) is 1. The van der Waals surface area contributed by atoms with Gasteiger partial charge in [0.15, 0.2) is 6.61 Å². The van der Waals surface area contributed by atoms with E-state index in [0.717, 1.165) is 19.2 Å². The SMILES string of the molecule is O=C(COc1ccc(Cl)c(F)c1)N[C@H]1C[C@H](C(=O)N2CC(c3ccc(Cl)cc3)C2)C1. The highest BCUT2D eigenvalue weighted by Gasteiger charge is 2.41. The first kappa shape index (κ1) is 20.9. The molecule has 2 amide bonds. The number of rotatable bonds is 6. The van der Waals surface area contributed by atoms with Gasteiger partial charge in [0, 0.05) is 42.1 Å². The van der Waals surface area contributed by atoms with Gasteiger partial charge in [0.1, 0.15) is 11.6 Å². The molecular weight excluding hydrogens is 430 g/mol. The molecule has 1 saturated heterocycles. The van der Waals surface area contributed by atoms with Crippen molar-refractivity contribution in [3.05, 3.63) is 63.9 Å².